The molecule has 0 radical (unpaired) electrons. The Morgan fingerprint density at radius 1 is 1.20 bits per heavy atom. The summed E-state index contributed by atoms with van der Waals surface area (Å²) >= 11 is 0. The first-order chi connectivity index (χ1) is 9.92. The Morgan fingerprint density at radius 3 is 3.00 bits per heavy atom. The minimum atomic E-state index is 0.490. The summed E-state index contributed by atoms with van der Waals surface area (Å²) in [5, 5.41) is 3.51. The van der Waals surface area contributed by atoms with Crippen molar-refractivity contribution in [3.8, 4) is 5.75 Å². The lowest BCUT2D eigenvalue weighted by Gasteiger charge is -2.10. The van der Waals surface area contributed by atoms with Crippen molar-refractivity contribution in [2.75, 3.05) is 46.6 Å². The molecule has 112 valence electrons. The van der Waals surface area contributed by atoms with E-state index in [1.165, 1.54) is 5.56 Å². The number of unbranched alkanes of at least 4 members (excludes halogenated alkanes) is 1. The van der Waals surface area contributed by atoms with Crippen LogP contribution in [0.4, 0.5) is 0 Å². The van der Waals surface area contributed by atoms with Crippen LogP contribution in [0.2, 0.25) is 0 Å². The predicted molar refractivity (Wildman–Crippen MR) is 79.5 cm³/mol. The fourth-order valence-electron chi connectivity index (χ4n) is 2.37. The minimum absolute atomic E-state index is 0.490. The highest BCUT2D eigenvalue weighted by molar-refractivity contribution is 5.39. The summed E-state index contributed by atoms with van der Waals surface area (Å²) in [5.74, 6) is 1.54. The maximum atomic E-state index is 5.67. The molecule has 1 aliphatic heterocycles. The number of ether oxygens (including phenoxy) is 3. The lowest BCUT2D eigenvalue weighted by Crippen LogP contribution is -2.23. The SMILES string of the molecule is COCCOCCCCNCC1COc2ccccc21. The Balaban J connectivity index is 1.50. The van der Waals surface area contributed by atoms with Gasteiger partial charge < -0.3 is 19.5 Å². The third-order valence-electron chi connectivity index (χ3n) is 3.51. The van der Waals surface area contributed by atoms with Crippen molar-refractivity contribution in [3.05, 3.63) is 29.8 Å². The molecule has 1 unspecified atom stereocenters. The zero-order valence-electron chi connectivity index (χ0n) is 12.3. The Morgan fingerprint density at radius 2 is 2.10 bits per heavy atom. The average Bonchev–Trinajstić information content (AvgIpc) is 2.89. The van der Waals surface area contributed by atoms with E-state index >= 15 is 0 Å². The van der Waals surface area contributed by atoms with E-state index in [-0.39, 0.29) is 0 Å². The van der Waals surface area contributed by atoms with Gasteiger partial charge in [0.1, 0.15) is 5.75 Å². The number of hydrogen-bond acceptors (Lipinski definition) is 4. The van der Waals surface area contributed by atoms with Crippen LogP contribution >= 0.6 is 0 Å². The zero-order valence-corrected chi connectivity index (χ0v) is 12.3. The van der Waals surface area contributed by atoms with Crippen LogP contribution in [0.15, 0.2) is 24.3 Å². The largest absolute Gasteiger partial charge is 0.493 e. The van der Waals surface area contributed by atoms with E-state index < -0.39 is 0 Å². The summed E-state index contributed by atoms with van der Waals surface area (Å²) in [5.41, 5.74) is 1.34. The van der Waals surface area contributed by atoms with Crippen LogP contribution in [0.25, 0.3) is 0 Å². The second-order valence-electron chi connectivity index (χ2n) is 5.06. The lowest BCUT2D eigenvalue weighted by atomic mass is 10.0. The van der Waals surface area contributed by atoms with E-state index in [4.69, 9.17) is 14.2 Å². The van der Waals surface area contributed by atoms with Gasteiger partial charge in [0, 0.05) is 31.7 Å². The van der Waals surface area contributed by atoms with Gasteiger partial charge in [-0.15, -0.1) is 0 Å². The van der Waals surface area contributed by atoms with Crippen LogP contribution in [-0.2, 0) is 9.47 Å². The van der Waals surface area contributed by atoms with Gasteiger partial charge in [-0.1, -0.05) is 18.2 Å². The molecule has 0 bridgehead atoms. The molecule has 1 atom stereocenters. The second-order valence-corrected chi connectivity index (χ2v) is 5.06. The Hall–Kier alpha value is -1.10. The van der Waals surface area contributed by atoms with Crippen molar-refractivity contribution in [2.45, 2.75) is 18.8 Å². The van der Waals surface area contributed by atoms with E-state index in [2.05, 4.69) is 17.4 Å². The highest BCUT2D eigenvalue weighted by Crippen LogP contribution is 2.32. The van der Waals surface area contributed by atoms with Gasteiger partial charge >= 0.3 is 0 Å². The summed E-state index contributed by atoms with van der Waals surface area (Å²) in [4.78, 5) is 0. The molecule has 0 saturated carbocycles. The molecule has 1 aliphatic rings. The first kappa shape index (κ1) is 15.3. The molecule has 4 heteroatoms. The molecular formula is C16H25NO3. The summed E-state index contributed by atoms with van der Waals surface area (Å²) in [6.07, 6.45) is 2.23. The van der Waals surface area contributed by atoms with Gasteiger partial charge in [0.25, 0.3) is 0 Å². The van der Waals surface area contributed by atoms with E-state index in [0.29, 0.717) is 19.1 Å². The molecule has 4 nitrogen and oxygen atoms in total. The molecule has 0 saturated heterocycles. The molecule has 0 amide bonds. The summed E-state index contributed by atoms with van der Waals surface area (Å²) < 4.78 is 16.0. The van der Waals surface area contributed by atoms with Crippen molar-refractivity contribution >= 4 is 0 Å². The predicted octanol–water partition coefficient (Wildman–Crippen LogP) is 2.20. The van der Waals surface area contributed by atoms with E-state index in [1.807, 2.05) is 12.1 Å². The van der Waals surface area contributed by atoms with Crippen molar-refractivity contribution < 1.29 is 14.2 Å². The number of rotatable bonds is 10. The Kier molecular flexibility index (Phi) is 6.84. The van der Waals surface area contributed by atoms with Gasteiger partial charge in [-0.25, -0.2) is 0 Å². The fourth-order valence-corrected chi connectivity index (χ4v) is 2.37. The van der Waals surface area contributed by atoms with Crippen LogP contribution in [0, 0.1) is 0 Å². The van der Waals surface area contributed by atoms with Crippen LogP contribution in [-0.4, -0.2) is 46.6 Å². The van der Waals surface area contributed by atoms with Gasteiger partial charge in [-0.05, 0) is 25.5 Å². The maximum absolute atomic E-state index is 5.67. The quantitative estimate of drug-likeness (QED) is 0.667. The number of methoxy groups -OCH3 is 1. The number of para-hydroxylation sites is 1. The first-order valence-corrected chi connectivity index (χ1v) is 7.41. The summed E-state index contributed by atoms with van der Waals surface area (Å²) in [6.45, 7) is 5.01. The normalized spacial score (nSPS) is 16.9. The van der Waals surface area contributed by atoms with Crippen LogP contribution < -0.4 is 10.1 Å². The molecular weight excluding hydrogens is 254 g/mol. The number of fused-ring (bicyclic) bond motifs is 1. The number of nitrogens with one attached hydrogen (secondary N) is 1. The summed E-state index contributed by atoms with van der Waals surface area (Å²) in [6, 6.07) is 8.32. The third kappa shape index (κ3) is 4.78. The smallest absolute Gasteiger partial charge is 0.122 e. The zero-order chi connectivity index (χ0) is 14.0. The molecule has 0 fully saturated rings. The van der Waals surface area contributed by atoms with Crippen molar-refractivity contribution in [3.63, 3.8) is 0 Å². The van der Waals surface area contributed by atoms with Gasteiger partial charge in [-0.3, -0.25) is 0 Å². The molecule has 1 N–H and O–H groups in total. The van der Waals surface area contributed by atoms with Gasteiger partial charge in [0.2, 0.25) is 0 Å². The van der Waals surface area contributed by atoms with E-state index in [0.717, 1.165) is 44.9 Å². The Bertz CT molecular complexity index is 384. The minimum Gasteiger partial charge on any atom is -0.493 e. The molecule has 1 aromatic carbocycles. The maximum Gasteiger partial charge on any atom is 0.122 e. The molecule has 0 aliphatic carbocycles. The average molecular weight is 279 g/mol. The van der Waals surface area contributed by atoms with Gasteiger partial charge in [0.05, 0.1) is 19.8 Å². The van der Waals surface area contributed by atoms with Crippen molar-refractivity contribution in [2.24, 2.45) is 0 Å². The molecule has 2 rings (SSSR count). The standard InChI is InChI=1S/C16H25NO3/c1-18-10-11-19-9-5-4-8-17-12-14-13-20-16-7-3-2-6-15(14)16/h2-3,6-7,14,17H,4-5,8-13H2,1H3. The lowest BCUT2D eigenvalue weighted by molar-refractivity contribution is 0.0688. The monoisotopic (exact) mass is 279 g/mol. The Labute approximate surface area is 121 Å². The molecule has 20 heavy (non-hydrogen) atoms. The van der Waals surface area contributed by atoms with Gasteiger partial charge in [-0.2, -0.15) is 0 Å². The fraction of sp³-hybridized carbons (Fsp3) is 0.625. The van der Waals surface area contributed by atoms with Crippen LogP contribution in [0.1, 0.15) is 24.3 Å². The second kappa shape index (κ2) is 8.95. The molecule has 0 aromatic heterocycles. The van der Waals surface area contributed by atoms with Gasteiger partial charge in [0.15, 0.2) is 0 Å². The van der Waals surface area contributed by atoms with Crippen molar-refractivity contribution in [1.82, 2.24) is 5.32 Å². The topological polar surface area (TPSA) is 39.7 Å². The van der Waals surface area contributed by atoms with Crippen LogP contribution in [0.3, 0.4) is 0 Å². The molecule has 1 aromatic rings. The number of benzene rings is 1. The number of hydrogen-bond donors (Lipinski definition) is 1. The van der Waals surface area contributed by atoms with E-state index in [9.17, 15) is 0 Å². The summed E-state index contributed by atoms with van der Waals surface area (Å²) in [7, 11) is 1.69. The highest BCUT2D eigenvalue weighted by Gasteiger charge is 2.22. The van der Waals surface area contributed by atoms with E-state index in [1.54, 1.807) is 7.11 Å². The first-order valence-electron chi connectivity index (χ1n) is 7.41. The molecule has 1 heterocycles. The highest BCUT2D eigenvalue weighted by atomic mass is 16.5. The third-order valence-corrected chi connectivity index (χ3v) is 3.51. The van der Waals surface area contributed by atoms with Crippen molar-refractivity contribution in [1.29, 1.82) is 0 Å². The van der Waals surface area contributed by atoms with Crippen LogP contribution in [0.5, 0.6) is 5.75 Å². The molecule has 0 spiro atoms.